The molecule has 0 fully saturated rings. The molecule has 0 spiro atoms. The highest BCUT2D eigenvalue weighted by Gasteiger charge is 2.19. The highest BCUT2D eigenvalue weighted by Crippen LogP contribution is 2.14. The van der Waals surface area contributed by atoms with Crippen molar-refractivity contribution < 1.29 is 28.6 Å². The number of allylic oxidation sites excluding steroid dienone is 16. The predicted molar refractivity (Wildman–Crippen MR) is 247 cm³/mol. The lowest BCUT2D eigenvalue weighted by molar-refractivity contribution is -0.166. The highest BCUT2D eigenvalue weighted by molar-refractivity contribution is 5.71. The second kappa shape index (κ2) is 46.0. The summed E-state index contributed by atoms with van der Waals surface area (Å²) in [6, 6.07) is 0. The quantitative estimate of drug-likeness (QED) is 0.0266. The minimum Gasteiger partial charge on any atom is -0.462 e. The van der Waals surface area contributed by atoms with Crippen molar-refractivity contribution in [2.45, 2.75) is 200 Å². The van der Waals surface area contributed by atoms with E-state index in [1.807, 2.05) is 24.3 Å². The van der Waals surface area contributed by atoms with Crippen molar-refractivity contribution in [2.75, 3.05) is 13.2 Å². The summed E-state index contributed by atoms with van der Waals surface area (Å²) in [6.45, 7) is 6.26. The second-order valence-corrected chi connectivity index (χ2v) is 14.9. The van der Waals surface area contributed by atoms with Crippen molar-refractivity contribution in [2.24, 2.45) is 0 Å². The van der Waals surface area contributed by atoms with Gasteiger partial charge in [0, 0.05) is 19.3 Å². The first kappa shape index (κ1) is 54.3. The average Bonchev–Trinajstić information content (AvgIpc) is 3.22. The fraction of sp³-hybridized carbons (Fsp3) is 0.635. The first-order valence-corrected chi connectivity index (χ1v) is 23.2. The Morgan fingerprint density at radius 3 is 1.05 bits per heavy atom. The van der Waals surface area contributed by atoms with Gasteiger partial charge in [0.25, 0.3) is 0 Å². The van der Waals surface area contributed by atoms with Gasteiger partial charge >= 0.3 is 17.9 Å². The van der Waals surface area contributed by atoms with Gasteiger partial charge in [0.1, 0.15) is 13.2 Å². The molecule has 0 rings (SSSR count). The van der Waals surface area contributed by atoms with Gasteiger partial charge in [-0.05, 0) is 70.6 Å². The predicted octanol–water partition coefficient (Wildman–Crippen LogP) is 15.0. The molecule has 0 saturated carbocycles. The Morgan fingerprint density at radius 1 is 0.362 bits per heavy atom. The first-order valence-electron chi connectivity index (χ1n) is 23.2. The molecule has 0 aliphatic rings. The summed E-state index contributed by atoms with van der Waals surface area (Å²) in [5.74, 6) is -1.10. The van der Waals surface area contributed by atoms with Crippen LogP contribution in [0, 0.1) is 0 Å². The van der Waals surface area contributed by atoms with Crippen LogP contribution in [-0.4, -0.2) is 37.2 Å². The highest BCUT2D eigenvalue weighted by atomic mass is 16.6. The molecular weight excluding hydrogens is 721 g/mol. The van der Waals surface area contributed by atoms with Gasteiger partial charge in [-0.25, -0.2) is 0 Å². The Kier molecular flexibility index (Phi) is 43.1. The molecule has 0 aromatic carbocycles. The lowest BCUT2D eigenvalue weighted by Gasteiger charge is -2.18. The molecule has 0 aliphatic heterocycles. The molecule has 0 aliphatic carbocycles. The fourth-order valence-electron chi connectivity index (χ4n) is 5.94. The summed E-state index contributed by atoms with van der Waals surface area (Å²) < 4.78 is 16.6. The summed E-state index contributed by atoms with van der Waals surface area (Å²) in [5.41, 5.74) is 0. The number of hydrogen-bond acceptors (Lipinski definition) is 6. The molecular formula is C52H84O6. The molecule has 328 valence electrons. The van der Waals surface area contributed by atoms with Crippen molar-refractivity contribution in [3.8, 4) is 0 Å². The zero-order valence-corrected chi connectivity index (χ0v) is 37.3. The minimum absolute atomic E-state index is 0.128. The van der Waals surface area contributed by atoms with Gasteiger partial charge < -0.3 is 14.2 Å². The van der Waals surface area contributed by atoms with E-state index in [9.17, 15) is 14.4 Å². The maximum Gasteiger partial charge on any atom is 0.306 e. The van der Waals surface area contributed by atoms with Crippen LogP contribution in [0.1, 0.15) is 194 Å². The third kappa shape index (κ3) is 43.5. The van der Waals surface area contributed by atoms with Gasteiger partial charge in [0.05, 0.1) is 0 Å². The van der Waals surface area contributed by atoms with Crippen LogP contribution < -0.4 is 0 Å². The number of ether oxygens (including phenoxy) is 3. The van der Waals surface area contributed by atoms with E-state index < -0.39 is 12.1 Å². The zero-order valence-electron chi connectivity index (χ0n) is 37.3. The Labute approximate surface area is 356 Å². The number of unbranched alkanes of at least 4 members (excludes halogenated alkanes) is 13. The summed E-state index contributed by atoms with van der Waals surface area (Å²) >= 11 is 0. The fourth-order valence-corrected chi connectivity index (χ4v) is 5.94. The smallest absolute Gasteiger partial charge is 0.306 e. The van der Waals surface area contributed by atoms with E-state index in [-0.39, 0.29) is 38.0 Å². The number of rotatable bonds is 40. The maximum absolute atomic E-state index is 12.7. The Bertz CT molecular complexity index is 1200. The third-order valence-electron chi connectivity index (χ3n) is 9.36. The average molecular weight is 805 g/mol. The van der Waals surface area contributed by atoms with Crippen LogP contribution in [0.15, 0.2) is 97.2 Å². The summed E-state index contributed by atoms with van der Waals surface area (Å²) in [5, 5.41) is 0. The van der Waals surface area contributed by atoms with Crippen molar-refractivity contribution in [1.29, 1.82) is 0 Å². The topological polar surface area (TPSA) is 78.9 Å². The SMILES string of the molecule is CC/C=C\C/C=C\C/C=C\C/C=C\CCC(=O)OCC(COC(=O)CCCCCCCCCCCCCCCC)OC(=O)CC/C=C\C/C=C\C/C=C\C/C=C\CC. The van der Waals surface area contributed by atoms with Crippen LogP contribution in [0.25, 0.3) is 0 Å². The Morgan fingerprint density at radius 2 is 0.672 bits per heavy atom. The number of carbonyl (C=O) groups is 3. The van der Waals surface area contributed by atoms with E-state index >= 15 is 0 Å². The Balaban J connectivity index is 4.57. The van der Waals surface area contributed by atoms with Crippen molar-refractivity contribution >= 4 is 17.9 Å². The Hall–Kier alpha value is -3.67. The van der Waals surface area contributed by atoms with Crippen LogP contribution in [0.3, 0.4) is 0 Å². The molecule has 0 amide bonds. The summed E-state index contributed by atoms with van der Waals surface area (Å²) in [7, 11) is 0. The lowest BCUT2D eigenvalue weighted by Crippen LogP contribution is -2.30. The normalized spacial score (nSPS) is 12.9. The summed E-state index contributed by atoms with van der Waals surface area (Å²) in [6.07, 6.45) is 59.9. The van der Waals surface area contributed by atoms with Crippen LogP contribution in [0.5, 0.6) is 0 Å². The lowest BCUT2D eigenvalue weighted by atomic mass is 10.0. The number of esters is 3. The van der Waals surface area contributed by atoms with Crippen molar-refractivity contribution in [1.82, 2.24) is 0 Å². The first-order chi connectivity index (χ1) is 28.5. The molecule has 0 heterocycles. The number of hydrogen-bond donors (Lipinski definition) is 0. The van der Waals surface area contributed by atoms with E-state index in [0.717, 1.165) is 70.6 Å². The molecule has 0 aromatic rings. The molecule has 0 radical (unpaired) electrons. The molecule has 0 N–H and O–H groups in total. The van der Waals surface area contributed by atoms with Gasteiger partial charge in [-0.15, -0.1) is 0 Å². The van der Waals surface area contributed by atoms with E-state index in [2.05, 4.69) is 93.7 Å². The standard InChI is InChI=1S/C52H84O6/c1-4-7-10-13-16-19-22-25-28-30-33-36-39-42-45-51(54)57-48-49(58-52(55)46-43-40-37-34-31-27-24-21-18-15-12-9-6-3)47-56-50(53)44-41-38-35-32-29-26-23-20-17-14-11-8-5-2/h8-9,11-12,17-18,20-21,26-27,29,31,35,37-38,40,49H,4-7,10,13-16,19,22-25,28,30,32-34,36,39,41-48H2,1-3H3/b11-8-,12-9-,20-17-,21-18-,29-26-,31-27-,38-35-,40-37-. The molecule has 6 heteroatoms. The van der Waals surface area contributed by atoms with Gasteiger partial charge in [0.15, 0.2) is 6.10 Å². The monoisotopic (exact) mass is 805 g/mol. The molecule has 6 nitrogen and oxygen atoms in total. The third-order valence-corrected chi connectivity index (χ3v) is 9.36. The molecule has 1 unspecified atom stereocenters. The van der Waals surface area contributed by atoms with Crippen LogP contribution in [0.4, 0.5) is 0 Å². The molecule has 58 heavy (non-hydrogen) atoms. The van der Waals surface area contributed by atoms with Crippen LogP contribution >= 0.6 is 0 Å². The second-order valence-electron chi connectivity index (χ2n) is 14.9. The van der Waals surface area contributed by atoms with E-state index in [0.29, 0.717) is 19.3 Å². The van der Waals surface area contributed by atoms with Gasteiger partial charge in [-0.3, -0.25) is 14.4 Å². The molecule has 0 saturated heterocycles. The van der Waals surface area contributed by atoms with Crippen molar-refractivity contribution in [3.05, 3.63) is 97.2 Å². The number of carbonyl (C=O) groups excluding carboxylic acids is 3. The van der Waals surface area contributed by atoms with Crippen molar-refractivity contribution in [3.63, 3.8) is 0 Å². The zero-order chi connectivity index (χ0) is 42.3. The van der Waals surface area contributed by atoms with Gasteiger partial charge in [0.2, 0.25) is 0 Å². The van der Waals surface area contributed by atoms with Crippen LogP contribution in [-0.2, 0) is 28.6 Å². The molecule has 1 atom stereocenters. The van der Waals surface area contributed by atoms with Gasteiger partial charge in [-0.2, -0.15) is 0 Å². The summed E-state index contributed by atoms with van der Waals surface area (Å²) in [4.78, 5) is 37.7. The van der Waals surface area contributed by atoms with E-state index in [1.54, 1.807) is 0 Å². The van der Waals surface area contributed by atoms with E-state index in [4.69, 9.17) is 14.2 Å². The van der Waals surface area contributed by atoms with E-state index in [1.165, 1.54) is 70.6 Å². The van der Waals surface area contributed by atoms with Gasteiger partial charge in [-0.1, -0.05) is 201 Å². The minimum atomic E-state index is -0.841. The maximum atomic E-state index is 12.7. The largest absolute Gasteiger partial charge is 0.462 e. The molecule has 0 bridgehead atoms. The molecule has 0 aromatic heterocycles. The van der Waals surface area contributed by atoms with Crippen LogP contribution in [0.2, 0.25) is 0 Å².